The highest BCUT2D eigenvalue weighted by Crippen LogP contribution is 2.34. The molecule has 0 unspecified atom stereocenters. The van der Waals surface area contributed by atoms with Gasteiger partial charge in [-0.1, -0.05) is 23.2 Å². The smallest absolute Gasteiger partial charge is 0.242 e. The third-order valence-corrected chi connectivity index (χ3v) is 6.42. The molecule has 5 nitrogen and oxygen atoms in total. The predicted octanol–water partition coefficient (Wildman–Crippen LogP) is 2.56. The lowest BCUT2D eigenvalue weighted by Gasteiger charge is -2.43. The first-order valence-corrected chi connectivity index (χ1v) is 10.0. The Morgan fingerprint density at radius 1 is 1.12 bits per heavy atom. The van der Waals surface area contributed by atoms with Crippen LogP contribution in [0.25, 0.3) is 0 Å². The van der Waals surface area contributed by atoms with Crippen molar-refractivity contribution in [2.24, 2.45) is 0 Å². The lowest BCUT2D eigenvalue weighted by molar-refractivity contribution is -0.787. The average Bonchev–Trinajstić information content (AvgIpc) is 2.33. The predicted molar refractivity (Wildman–Crippen MR) is 96.4 cm³/mol. The highest BCUT2D eigenvalue weighted by Gasteiger charge is 2.43. The molecule has 1 aromatic carbocycles. The molecule has 1 aromatic rings. The number of methoxy groups -OCH3 is 1. The first-order valence-electron chi connectivity index (χ1n) is 7.78. The highest BCUT2D eigenvalue weighted by atomic mass is 35.5. The molecule has 1 heterocycles. The van der Waals surface area contributed by atoms with Crippen LogP contribution in [0.15, 0.2) is 17.0 Å². The lowest BCUT2D eigenvalue weighted by Crippen LogP contribution is -3.06. The molecule has 1 aliphatic rings. The molecule has 8 heteroatoms. The van der Waals surface area contributed by atoms with Crippen LogP contribution in [0.1, 0.15) is 40.5 Å². The summed E-state index contributed by atoms with van der Waals surface area (Å²) in [4.78, 5) is -0.0180. The van der Waals surface area contributed by atoms with Gasteiger partial charge in [0, 0.05) is 24.9 Å². The first-order chi connectivity index (χ1) is 10.9. The second kappa shape index (κ2) is 6.65. The zero-order valence-corrected chi connectivity index (χ0v) is 16.9. The van der Waals surface area contributed by atoms with E-state index in [2.05, 4.69) is 37.7 Å². The van der Waals surface area contributed by atoms with E-state index >= 15 is 0 Å². The average molecular weight is 396 g/mol. The van der Waals surface area contributed by atoms with Crippen LogP contribution in [0.5, 0.6) is 5.75 Å². The van der Waals surface area contributed by atoms with Crippen LogP contribution < -0.4 is 14.8 Å². The van der Waals surface area contributed by atoms with Gasteiger partial charge in [0.1, 0.15) is 10.6 Å². The number of nitrogens with two attached hydrogens (primary N) is 1. The zero-order valence-electron chi connectivity index (χ0n) is 14.6. The molecule has 0 radical (unpaired) electrons. The van der Waals surface area contributed by atoms with Crippen molar-refractivity contribution in [3.8, 4) is 5.75 Å². The summed E-state index contributed by atoms with van der Waals surface area (Å²) in [5, 5.41) is 2.65. The van der Waals surface area contributed by atoms with E-state index in [0.717, 1.165) is 12.8 Å². The highest BCUT2D eigenvalue weighted by molar-refractivity contribution is 7.89. The van der Waals surface area contributed by atoms with Crippen molar-refractivity contribution >= 4 is 33.2 Å². The van der Waals surface area contributed by atoms with E-state index in [9.17, 15) is 8.42 Å². The Balaban J connectivity index is 2.32. The molecule has 0 spiro atoms. The Hall–Kier alpha value is -0.530. The Morgan fingerprint density at radius 2 is 1.67 bits per heavy atom. The molecule has 0 aliphatic carbocycles. The van der Waals surface area contributed by atoms with E-state index < -0.39 is 10.0 Å². The summed E-state index contributed by atoms with van der Waals surface area (Å²) >= 11 is 12.1. The number of nitrogens with one attached hydrogen (secondary N) is 1. The van der Waals surface area contributed by atoms with E-state index in [1.165, 1.54) is 19.2 Å². The Kier molecular flexibility index (Phi) is 5.48. The molecule has 0 amide bonds. The van der Waals surface area contributed by atoms with Gasteiger partial charge in [-0.15, -0.1) is 0 Å². The third kappa shape index (κ3) is 4.55. The van der Waals surface area contributed by atoms with Crippen LogP contribution in [-0.4, -0.2) is 32.6 Å². The molecule has 0 bridgehead atoms. The van der Waals surface area contributed by atoms with Gasteiger partial charge in [0.2, 0.25) is 10.0 Å². The summed E-state index contributed by atoms with van der Waals surface area (Å²) in [7, 11) is -2.34. The lowest BCUT2D eigenvalue weighted by atomic mass is 9.80. The van der Waals surface area contributed by atoms with Crippen molar-refractivity contribution in [1.29, 1.82) is 0 Å². The summed E-state index contributed by atoms with van der Waals surface area (Å²) in [5.41, 5.74) is -0.0904. The number of quaternary nitrogens is 1. The molecule has 0 aromatic heterocycles. The molecule has 0 atom stereocenters. The van der Waals surface area contributed by atoms with Gasteiger partial charge < -0.3 is 10.1 Å². The molecule has 1 aliphatic heterocycles. The van der Waals surface area contributed by atoms with E-state index in [-0.39, 0.29) is 37.8 Å². The largest absolute Gasteiger partial charge is 0.495 e. The Morgan fingerprint density at radius 3 is 2.17 bits per heavy atom. The van der Waals surface area contributed by atoms with Gasteiger partial charge in [0.15, 0.2) is 0 Å². The van der Waals surface area contributed by atoms with Crippen LogP contribution in [0.3, 0.4) is 0 Å². The van der Waals surface area contributed by atoms with Crippen molar-refractivity contribution < 1.29 is 18.5 Å². The molecule has 0 saturated carbocycles. The molecule has 136 valence electrons. The van der Waals surface area contributed by atoms with Gasteiger partial charge in [-0.3, -0.25) is 0 Å². The van der Waals surface area contributed by atoms with Crippen molar-refractivity contribution in [2.75, 3.05) is 7.11 Å². The fourth-order valence-electron chi connectivity index (χ4n) is 3.76. The maximum absolute atomic E-state index is 12.8. The number of piperidine rings is 1. The molecule has 2 rings (SSSR count). The second-order valence-corrected chi connectivity index (χ2v) is 10.3. The van der Waals surface area contributed by atoms with Crippen molar-refractivity contribution in [1.82, 2.24) is 4.72 Å². The van der Waals surface area contributed by atoms with Crippen LogP contribution in [-0.2, 0) is 10.0 Å². The van der Waals surface area contributed by atoms with Crippen LogP contribution in [0.4, 0.5) is 0 Å². The first kappa shape index (κ1) is 19.8. The quantitative estimate of drug-likeness (QED) is 0.822. The number of ether oxygens (including phenoxy) is 1. The molecule has 3 N–H and O–H groups in total. The van der Waals surface area contributed by atoms with Gasteiger partial charge in [0.05, 0.1) is 28.2 Å². The summed E-state index contributed by atoms with van der Waals surface area (Å²) < 4.78 is 33.5. The van der Waals surface area contributed by atoms with Gasteiger partial charge in [0.25, 0.3) is 0 Å². The van der Waals surface area contributed by atoms with E-state index in [1.54, 1.807) is 0 Å². The van der Waals surface area contributed by atoms with Gasteiger partial charge in [-0.05, 0) is 33.8 Å². The Labute approximate surface area is 154 Å². The number of hydrogen-bond acceptors (Lipinski definition) is 3. The molecule has 24 heavy (non-hydrogen) atoms. The fourth-order valence-corrected chi connectivity index (χ4v) is 5.83. The monoisotopic (exact) mass is 395 g/mol. The maximum atomic E-state index is 12.8. The van der Waals surface area contributed by atoms with Crippen molar-refractivity contribution in [3.63, 3.8) is 0 Å². The molecular weight excluding hydrogens is 371 g/mol. The number of sulfonamides is 1. The number of benzene rings is 1. The van der Waals surface area contributed by atoms with Crippen LogP contribution in [0.2, 0.25) is 10.0 Å². The maximum Gasteiger partial charge on any atom is 0.242 e. The molecule has 1 saturated heterocycles. The fraction of sp³-hybridized carbons (Fsp3) is 0.625. The number of hydrogen-bond donors (Lipinski definition) is 2. The minimum absolute atomic E-state index is 0.0180. The van der Waals surface area contributed by atoms with Crippen LogP contribution in [0, 0.1) is 0 Å². The van der Waals surface area contributed by atoms with E-state index in [0.29, 0.717) is 0 Å². The third-order valence-electron chi connectivity index (χ3n) is 4.14. The van der Waals surface area contributed by atoms with Crippen molar-refractivity contribution in [3.05, 3.63) is 22.2 Å². The summed E-state index contributed by atoms with van der Waals surface area (Å²) in [6.45, 7) is 8.47. The zero-order chi connectivity index (χ0) is 18.3. The second-order valence-electron chi connectivity index (χ2n) is 7.77. The van der Waals surface area contributed by atoms with Crippen molar-refractivity contribution in [2.45, 2.75) is 62.6 Å². The van der Waals surface area contributed by atoms with Crippen LogP contribution >= 0.6 is 23.2 Å². The molecule has 1 fully saturated rings. The van der Waals surface area contributed by atoms with Gasteiger partial charge in [-0.25, -0.2) is 13.1 Å². The molecular formula is C16H25Cl2N2O3S+. The summed E-state index contributed by atoms with van der Waals surface area (Å²) in [6.07, 6.45) is 1.47. The standard InChI is InChI=1S/C16H24Cl2N2O3S/c1-15(2)8-10(9-16(3,4)20-15)19-24(21,22)14-7-13(23-5)11(17)6-12(14)18/h6-7,10,19-20H,8-9H2,1-5H3/p+1. The summed E-state index contributed by atoms with van der Waals surface area (Å²) in [6, 6.07) is 2.58. The van der Waals surface area contributed by atoms with Gasteiger partial charge in [-0.2, -0.15) is 0 Å². The number of rotatable bonds is 4. The minimum atomic E-state index is -3.77. The minimum Gasteiger partial charge on any atom is -0.495 e. The van der Waals surface area contributed by atoms with Gasteiger partial charge >= 0.3 is 0 Å². The summed E-state index contributed by atoms with van der Waals surface area (Å²) in [5.74, 6) is 0.277. The SMILES string of the molecule is COc1cc(S(=O)(=O)NC2CC(C)(C)[NH2+]C(C)(C)C2)c(Cl)cc1Cl. The number of halogens is 2. The van der Waals surface area contributed by atoms with E-state index in [1.807, 2.05) is 0 Å². The Bertz CT molecular complexity index is 717. The normalized spacial score (nSPS) is 20.8. The topological polar surface area (TPSA) is 72.0 Å². The van der Waals surface area contributed by atoms with E-state index in [4.69, 9.17) is 27.9 Å².